The van der Waals surface area contributed by atoms with Crippen molar-refractivity contribution in [3.8, 4) is 0 Å². The highest BCUT2D eigenvalue weighted by Gasteiger charge is 2.19. The van der Waals surface area contributed by atoms with Gasteiger partial charge in [-0.2, -0.15) is 0 Å². The van der Waals surface area contributed by atoms with E-state index in [1.54, 1.807) is 0 Å². The molecular formula is C7H13NO5S. The molecule has 0 aliphatic rings. The van der Waals surface area contributed by atoms with Gasteiger partial charge in [0, 0.05) is 12.8 Å². The Morgan fingerprint density at radius 3 is 2.43 bits per heavy atom. The zero-order valence-electron chi connectivity index (χ0n) is 7.51. The van der Waals surface area contributed by atoms with Crippen molar-refractivity contribution in [1.82, 2.24) is 0 Å². The summed E-state index contributed by atoms with van der Waals surface area (Å²) < 4.78 is 11.1. The van der Waals surface area contributed by atoms with Gasteiger partial charge < -0.3 is 20.5 Å². The Morgan fingerprint density at radius 1 is 1.43 bits per heavy atom. The normalized spacial score (nSPS) is 14.7. The molecular weight excluding hydrogens is 210 g/mol. The maximum absolute atomic E-state index is 11.1. The quantitative estimate of drug-likeness (QED) is 0.476. The first kappa shape index (κ1) is 13.2. The molecule has 0 heterocycles. The second kappa shape index (κ2) is 6.63. The van der Waals surface area contributed by atoms with E-state index in [9.17, 15) is 14.1 Å². The fraction of sp³-hybridized carbons (Fsp3) is 0.714. The molecule has 82 valence electrons. The van der Waals surface area contributed by atoms with Crippen LogP contribution in [0.4, 0.5) is 0 Å². The van der Waals surface area contributed by atoms with Crippen LogP contribution in [0.5, 0.6) is 0 Å². The van der Waals surface area contributed by atoms with E-state index in [4.69, 9.17) is 15.9 Å². The Kier molecular flexibility index (Phi) is 6.26. The summed E-state index contributed by atoms with van der Waals surface area (Å²) >= 11 is -1.36. The molecule has 0 rings (SSSR count). The lowest BCUT2D eigenvalue weighted by Crippen LogP contribution is -2.38. The van der Waals surface area contributed by atoms with Crippen LogP contribution in [0.25, 0.3) is 0 Å². The minimum Gasteiger partial charge on any atom is -0.616 e. The average Bonchev–Trinajstić information content (AvgIpc) is 2.02. The molecule has 4 N–H and O–H groups in total. The lowest BCUT2D eigenvalue weighted by Gasteiger charge is -2.12. The van der Waals surface area contributed by atoms with E-state index in [1.165, 1.54) is 0 Å². The zero-order valence-corrected chi connectivity index (χ0v) is 8.33. The van der Waals surface area contributed by atoms with Gasteiger partial charge in [0.15, 0.2) is 0 Å². The Balaban J connectivity index is 3.59. The summed E-state index contributed by atoms with van der Waals surface area (Å²) in [5.41, 5.74) is 5.14. The molecule has 0 aromatic carbocycles. The van der Waals surface area contributed by atoms with E-state index in [0.29, 0.717) is 0 Å². The summed E-state index contributed by atoms with van der Waals surface area (Å²) in [4.78, 5) is 20.4. The van der Waals surface area contributed by atoms with Crippen LogP contribution in [0.1, 0.15) is 12.8 Å². The summed E-state index contributed by atoms with van der Waals surface area (Å²) in [6, 6.07) is -1.14. The zero-order chi connectivity index (χ0) is 11.1. The van der Waals surface area contributed by atoms with Gasteiger partial charge in [-0.05, 0) is 0 Å². The second-order valence-electron chi connectivity index (χ2n) is 2.75. The Bertz CT molecular complexity index is 210. The number of carboxylic acid groups (broad SMARTS) is 2. The predicted octanol–water partition coefficient (Wildman–Crippen LogP) is -0.988. The maximum atomic E-state index is 11.1. The van der Waals surface area contributed by atoms with E-state index in [2.05, 4.69) is 0 Å². The molecule has 0 aliphatic heterocycles. The van der Waals surface area contributed by atoms with Gasteiger partial charge >= 0.3 is 11.9 Å². The molecule has 0 spiro atoms. The van der Waals surface area contributed by atoms with Crippen LogP contribution in [0.3, 0.4) is 0 Å². The smallest absolute Gasteiger partial charge is 0.325 e. The standard InChI is InChI=1S/C7H13NO5S/c8-5(7(11)12)4-14(13)3-1-2-6(9)10/h5H,1-4,8H2,(H,9,10)(H,11,12)/t5-,14?/m0/s1. The molecule has 0 saturated carbocycles. The highest BCUT2D eigenvalue weighted by atomic mass is 32.2. The van der Waals surface area contributed by atoms with Crippen LogP contribution in [0.2, 0.25) is 0 Å². The van der Waals surface area contributed by atoms with Crippen molar-refractivity contribution in [2.75, 3.05) is 11.5 Å². The molecule has 0 aromatic rings. The van der Waals surface area contributed by atoms with E-state index < -0.39 is 29.2 Å². The number of carbonyl (C=O) groups is 2. The lowest BCUT2D eigenvalue weighted by molar-refractivity contribution is -0.138. The molecule has 7 heteroatoms. The van der Waals surface area contributed by atoms with Crippen molar-refractivity contribution >= 4 is 23.1 Å². The molecule has 0 fully saturated rings. The highest BCUT2D eigenvalue weighted by molar-refractivity contribution is 7.91. The number of hydrogen-bond donors (Lipinski definition) is 3. The summed E-state index contributed by atoms with van der Waals surface area (Å²) in [6.45, 7) is 0. The molecule has 0 radical (unpaired) electrons. The fourth-order valence-corrected chi connectivity index (χ4v) is 1.92. The summed E-state index contributed by atoms with van der Waals surface area (Å²) in [5.74, 6) is -2.11. The topological polar surface area (TPSA) is 124 Å². The predicted molar refractivity (Wildman–Crippen MR) is 50.4 cm³/mol. The molecule has 6 nitrogen and oxygen atoms in total. The minimum absolute atomic E-state index is 0.0615. The third kappa shape index (κ3) is 6.70. The Labute approximate surface area is 84.3 Å². The molecule has 1 unspecified atom stereocenters. The van der Waals surface area contributed by atoms with E-state index in [-0.39, 0.29) is 24.3 Å². The van der Waals surface area contributed by atoms with E-state index >= 15 is 0 Å². The summed E-state index contributed by atoms with van der Waals surface area (Å²) in [7, 11) is 0. The van der Waals surface area contributed by atoms with Gasteiger partial charge in [-0.25, -0.2) is 0 Å². The Hall–Kier alpha value is -0.790. The first-order valence-electron chi connectivity index (χ1n) is 3.98. The first-order valence-corrected chi connectivity index (χ1v) is 5.47. The average molecular weight is 223 g/mol. The monoisotopic (exact) mass is 223 g/mol. The summed E-state index contributed by atoms with van der Waals surface area (Å²) in [5, 5.41) is 16.7. The van der Waals surface area contributed by atoms with Gasteiger partial charge in [0.2, 0.25) is 0 Å². The van der Waals surface area contributed by atoms with Crippen molar-refractivity contribution in [3.63, 3.8) is 0 Å². The van der Waals surface area contributed by atoms with Gasteiger partial charge in [-0.1, -0.05) is 11.2 Å². The number of carboxylic acids is 2. The highest BCUT2D eigenvalue weighted by Crippen LogP contribution is 1.99. The summed E-state index contributed by atoms with van der Waals surface area (Å²) in [6.07, 6.45) is 0.211. The third-order valence-electron chi connectivity index (χ3n) is 1.45. The van der Waals surface area contributed by atoms with Gasteiger partial charge in [0.05, 0.1) is 0 Å². The first-order chi connectivity index (χ1) is 6.43. The van der Waals surface area contributed by atoms with Crippen molar-refractivity contribution in [1.29, 1.82) is 0 Å². The molecule has 0 bridgehead atoms. The van der Waals surface area contributed by atoms with Crippen LogP contribution in [-0.2, 0) is 20.8 Å². The number of nitrogens with two attached hydrogens (primary N) is 1. The molecule has 2 atom stereocenters. The molecule has 0 aromatic heterocycles. The van der Waals surface area contributed by atoms with Gasteiger partial charge in [-0.15, -0.1) is 0 Å². The Morgan fingerprint density at radius 2 is 2.00 bits per heavy atom. The van der Waals surface area contributed by atoms with Crippen molar-refractivity contribution < 1.29 is 24.4 Å². The van der Waals surface area contributed by atoms with Crippen molar-refractivity contribution in [2.24, 2.45) is 5.73 Å². The van der Waals surface area contributed by atoms with Crippen LogP contribution in [-0.4, -0.2) is 44.3 Å². The van der Waals surface area contributed by atoms with E-state index in [1.807, 2.05) is 0 Å². The van der Waals surface area contributed by atoms with Crippen molar-refractivity contribution in [2.45, 2.75) is 18.9 Å². The largest absolute Gasteiger partial charge is 0.616 e. The van der Waals surface area contributed by atoms with Crippen LogP contribution in [0.15, 0.2) is 0 Å². The van der Waals surface area contributed by atoms with E-state index in [0.717, 1.165) is 0 Å². The maximum Gasteiger partial charge on any atom is 0.325 e. The van der Waals surface area contributed by atoms with Gasteiger partial charge in [0.25, 0.3) is 0 Å². The van der Waals surface area contributed by atoms with Crippen molar-refractivity contribution in [3.05, 3.63) is 0 Å². The minimum atomic E-state index is -1.36. The van der Waals surface area contributed by atoms with Crippen LogP contribution >= 0.6 is 0 Å². The number of hydrogen-bond acceptors (Lipinski definition) is 4. The van der Waals surface area contributed by atoms with Crippen LogP contribution < -0.4 is 5.73 Å². The number of rotatable bonds is 7. The third-order valence-corrected chi connectivity index (χ3v) is 2.92. The van der Waals surface area contributed by atoms with Crippen LogP contribution in [0, 0.1) is 0 Å². The SMILES string of the molecule is N[C@@H](C[S+]([O-])CCCC(=O)O)C(=O)O. The second-order valence-corrected chi connectivity index (χ2v) is 4.37. The number of aliphatic carboxylic acids is 2. The van der Waals surface area contributed by atoms with Gasteiger partial charge in [-0.3, -0.25) is 9.59 Å². The molecule has 0 aliphatic carbocycles. The molecule has 0 saturated heterocycles. The van der Waals surface area contributed by atoms with Gasteiger partial charge in [0.1, 0.15) is 17.5 Å². The molecule has 0 amide bonds. The lowest BCUT2D eigenvalue weighted by atomic mass is 10.3. The molecule has 14 heavy (non-hydrogen) atoms. The fourth-order valence-electron chi connectivity index (χ4n) is 0.739.